The van der Waals surface area contributed by atoms with Crippen LogP contribution in [0, 0.1) is 0 Å². The Morgan fingerprint density at radius 2 is 1.09 bits per heavy atom. The van der Waals surface area contributed by atoms with Crippen LogP contribution < -0.4 is 5.73 Å². The van der Waals surface area contributed by atoms with Gasteiger partial charge in [-0.15, -0.1) is 0 Å². The van der Waals surface area contributed by atoms with Crippen LogP contribution >= 0.6 is 12.2 Å². The predicted molar refractivity (Wildman–Crippen MR) is 101 cm³/mol. The quantitative estimate of drug-likeness (QED) is 0.152. The molecule has 0 aromatic heterocycles. The molecule has 0 amide bonds. The first-order chi connectivity index (χ1) is 10.5. The zero-order chi connectivity index (χ0) is 17.1. The first-order valence-electron chi connectivity index (χ1n) is 8.86. The van der Waals surface area contributed by atoms with Crippen molar-refractivity contribution in [3.8, 4) is 0 Å². The maximum Gasteiger partial charge on any atom is -0.0708 e. The van der Waals surface area contributed by atoms with Crippen molar-refractivity contribution >= 4 is 29.2 Å². The van der Waals surface area contributed by atoms with E-state index in [9.17, 15) is 3.40 Å². The van der Waals surface area contributed by atoms with Gasteiger partial charge < -0.3 is 30.6 Å². The van der Waals surface area contributed by atoms with E-state index in [0.717, 1.165) is 9.62 Å². The zero-order valence-corrected chi connectivity index (χ0v) is 18.2. The Balaban J connectivity index is 0. The number of thiocarbonyl (C=S) groups is 1. The molecular formula is C17H36MoNOS2. The number of rotatable bonds is 14. The maximum absolute atomic E-state index is 11.9. The predicted octanol–water partition coefficient (Wildman–Crippen LogP) is 6.28. The van der Waals surface area contributed by atoms with Crippen LogP contribution in [0.1, 0.15) is 90.9 Å². The van der Waals surface area contributed by atoms with Crippen molar-refractivity contribution < 1.29 is 20.7 Å². The second-order valence-corrected chi connectivity index (χ2v) is 11.0. The molecule has 0 aliphatic carbocycles. The molecule has 0 aromatic carbocycles. The largest absolute Gasteiger partial charge is 0.415 e. The van der Waals surface area contributed by atoms with Crippen molar-refractivity contribution in [2.45, 2.75) is 101 Å². The first-order valence-corrected chi connectivity index (χ1v) is 13.3. The molecule has 0 bridgehead atoms. The molecule has 0 rings (SSSR count). The van der Waals surface area contributed by atoms with Crippen LogP contribution in [0.3, 0.4) is 0 Å². The van der Waals surface area contributed by atoms with Gasteiger partial charge in [0.1, 0.15) is 0 Å². The molecule has 22 heavy (non-hydrogen) atoms. The first kappa shape index (κ1) is 24.8. The molecule has 0 saturated heterocycles. The van der Waals surface area contributed by atoms with Gasteiger partial charge in [0, 0.05) is 0 Å². The van der Waals surface area contributed by atoms with E-state index in [0.29, 0.717) is 0 Å². The monoisotopic (exact) mass is 432 g/mol. The van der Waals surface area contributed by atoms with E-state index in [1.165, 1.54) is 77.0 Å². The Morgan fingerprint density at radius 3 is 1.41 bits per heavy atom. The van der Waals surface area contributed by atoms with E-state index < -0.39 is 17.3 Å². The number of unbranched alkanes of at least 4 members (excludes halogenated alkanes) is 10. The molecule has 0 atom stereocenters. The Morgan fingerprint density at radius 1 is 0.818 bits per heavy atom. The molecule has 0 aliphatic heterocycles. The molecule has 0 radical (unpaired) electrons. The second-order valence-electron chi connectivity index (χ2n) is 5.70. The molecule has 0 fully saturated rings. The SMILES string of the molecule is CCCCCCC[CH2][Mo+](=[O])[CH2]CCCCCCC.NC(=S)[S-]. The molecule has 0 aromatic rings. The van der Waals surface area contributed by atoms with Gasteiger partial charge in [-0.3, -0.25) is 0 Å². The molecule has 0 heterocycles. The molecule has 0 aliphatic rings. The Bertz CT molecular complexity index is 241. The third-order valence-electron chi connectivity index (χ3n) is 3.45. The van der Waals surface area contributed by atoms with Gasteiger partial charge in [0.15, 0.2) is 0 Å². The third-order valence-corrected chi connectivity index (χ3v) is 7.11. The fraction of sp³-hybridized carbons (Fsp3) is 0.941. The molecule has 5 heteroatoms. The van der Waals surface area contributed by atoms with Crippen molar-refractivity contribution in [3.63, 3.8) is 0 Å². The zero-order valence-electron chi connectivity index (χ0n) is 14.6. The Kier molecular flexibility index (Phi) is 24.4. The van der Waals surface area contributed by atoms with Crippen molar-refractivity contribution in [3.05, 3.63) is 0 Å². The van der Waals surface area contributed by atoms with Crippen molar-refractivity contribution in [2.75, 3.05) is 0 Å². The summed E-state index contributed by atoms with van der Waals surface area (Å²) in [6.45, 7) is 4.51. The number of hydrogen-bond acceptors (Lipinski definition) is 3. The van der Waals surface area contributed by atoms with Crippen molar-refractivity contribution in [1.29, 1.82) is 0 Å². The van der Waals surface area contributed by atoms with Crippen LogP contribution in [-0.4, -0.2) is 4.32 Å². The summed E-state index contributed by atoms with van der Waals surface area (Å²) in [5.41, 5.74) is 4.66. The van der Waals surface area contributed by atoms with E-state index in [2.05, 4.69) is 44.4 Å². The second kappa shape index (κ2) is 21.6. The van der Waals surface area contributed by atoms with E-state index >= 15 is 0 Å². The topological polar surface area (TPSA) is 43.1 Å². The average Bonchev–Trinajstić information content (AvgIpc) is 2.46. The number of nitrogens with two attached hydrogens (primary N) is 1. The fourth-order valence-electron chi connectivity index (χ4n) is 2.19. The molecule has 2 N–H and O–H groups in total. The van der Waals surface area contributed by atoms with Crippen molar-refractivity contribution in [1.82, 2.24) is 0 Å². The van der Waals surface area contributed by atoms with Crippen LogP contribution in [0.15, 0.2) is 0 Å². The van der Waals surface area contributed by atoms with Gasteiger partial charge in [-0.1, -0.05) is 4.32 Å². The molecule has 0 spiro atoms. The Labute approximate surface area is 155 Å². The minimum Gasteiger partial charge on any atom is -0.415 e. The van der Waals surface area contributed by atoms with Gasteiger partial charge in [-0.25, -0.2) is 0 Å². The Hall–Kier alpha value is 0.598. The van der Waals surface area contributed by atoms with E-state index in [1.54, 1.807) is 0 Å². The summed E-state index contributed by atoms with van der Waals surface area (Å²) >= 11 is 6.40. The van der Waals surface area contributed by atoms with Crippen molar-refractivity contribution in [2.24, 2.45) is 5.73 Å². The average molecular weight is 431 g/mol. The summed E-state index contributed by atoms with van der Waals surface area (Å²) in [4.78, 5) is 2.18. The molecule has 0 unspecified atom stereocenters. The van der Waals surface area contributed by atoms with Gasteiger partial charge >= 0.3 is 121 Å². The van der Waals surface area contributed by atoms with E-state index in [1.807, 2.05) is 0 Å². The molecule has 2 nitrogen and oxygen atoms in total. The van der Waals surface area contributed by atoms with Gasteiger partial charge in [0.25, 0.3) is 0 Å². The van der Waals surface area contributed by atoms with Gasteiger partial charge in [0.2, 0.25) is 0 Å². The molecule has 133 valence electrons. The summed E-state index contributed by atoms with van der Waals surface area (Å²) < 4.78 is 12.0. The van der Waals surface area contributed by atoms with Crippen LogP contribution in [0.25, 0.3) is 0 Å². The van der Waals surface area contributed by atoms with Crippen LogP contribution in [0.5, 0.6) is 0 Å². The number of hydrogen-bond donors (Lipinski definition) is 1. The van der Waals surface area contributed by atoms with Crippen LogP contribution in [0.2, 0.25) is 9.62 Å². The minimum absolute atomic E-state index is 0.0833. The van der Waals surface area contributed by atoms with E-state index in [4.69, 9.17) is 0 Å². The van der Waals surface area contributed by atoms with Crippen LogP contribution in [-0.2, 0) is 33.3 Å². The summed E-state index contributed by atoms with van der Waals surface area (Å²) in [6, 6.07) is 0. The third kappa shape index (κ3) is 28.7. The normalized spacial score (nSPS) is 9.91. The molecule has 0 saturated carbocycles. The standard InChI is InChI=1S/2C8H17.CH3NS2.Mo.O/c2*1-3-5-7-8-6-4-2;2-1(3)4;;/h2*1,3-8H2,2H3;(H3,2,3,4);;/q;;;+1;/p-1. The summed E-state index contributed by atoms with van der Waals surface area (Å²) in [6.07, 6.45) is 16.0. The maximum atomic E-state index is 11.9. The molecular weight excluding hydrogens is 394 g/mol. The van der Waals surface area contributed by atoms with Crippen LogP contribution in [0.4, 0.5) is 0 Å². The summed E-state index contributed by atoms with van der Waals surface area (Å²) in [5.74, 6) is 0. The van der Waals surface area contributed by atoms with Gasteiger partial charge in [0.05, 0.1) is 0 Å². The smallest absolute Gasteiger partial charge is 0.0708 e. The van der Waals surface area contributed by atoms with Gasteiger partial charge in [-0.05, 0) is 0 Å². The van der Waals surface area contributed by atoms with E-state index in [-0.39, 0.29) is 4.32 Å². The minimum atomic E-state index is -1.86. The summed E-state index contributed by atoms with van der Waals surface area (Å²) in [7, 11) is 0. The fourth-order valence-corrected chi connectivity index (χ4v) is 5.28. The summed E-state index contributed by atoms with van der Waals surface area (Å²) in [5, 5.41) is 0. The van der Waals surface area contributed by atoms with Gasteiger partial charge in [-0.2, -0.15) is 0 Å².